The molecule has 0 heterocycles. The number of carboxylic acid groups (broad SMARTS) is 2. The molecule has 0 radical (unpaired) electrons. The third kappa shape index (κ3) is 4.38. The minimum atomic E-state index is -1.63. The molecule has 0 bridgehead atoms. The van der Waals surface area contributed by atoms with Crippen LogP contribution in [-0.4, -0.2) is 69.8 Å². The van der Waals surface area contributed by atoms with E-state index in [1.165, 1.54) is 0 Å². The van der Waals surface area contributed by atoms with Crippen LogP contribution in [0.2, 0.25) is 0 Å². The van der Waals surface area contributed by atoms with Crippen molar-refractivity contribution in [3.63, 3.8) is 0 Å². The Labute approximate surface area is 193 Å². The summed E-state index contributed by atoms with van der Waals surface area (Å²) in [5.41, 5.74) is -1.18. The minimum Gasteiger partial charge on any atom is -0.497 e. The first kappa shape index (κ1) is 23.7. The Balaban J connectivity index is 1.82. The van der Waals surface area contributed by atoms with Gasteiger partial charge < -0.3 is 20.1 Å². The van der Waals surface area contributed by atoms with Gasteiger partial charge in [0.25, 0.3) is 0 Å². The zero-order valence-electron chi connectivity index (χ0n) is 19.2. The van der Waals surface area contributed by atoms with Crippen molar-refractivity contribution >= 4 is 17.7 Å². The predicted molar refractivity (Wildman–Crippen MR) is 119 cm³/mol. The molecule has 3 N–H and O–H groups in total. The molecule has 8 nitrogen and oxygen atoms in total. The number of hydrogen-bond donors (Lipinski definition) is 3. The van der Waals surface area contributed by atoms with Gasteiger partial charge in [0, 0.05) is 24.9 Å². The molecule has 0 spiro atoms. The van der Waals surface area contributed by atoms with Crippen molar-refractivity contribution in [1.29, 1.82) is 0 Å². The Morgan fingerprint density at radius 1 is 1.15 bits per heavy atom. The van der Waals surface area contributed by atoms with E-state index >= 15 is 0 Å². The summed E-state index contributed by atoms with van der Waals surface area (Å²) in [6.07, 6.45) is 1.40. The molecule has 180 valence electrons. The van der Waals surface area contributed by atoms with Crippen LogP contribution in [0.3, 0.4) is 0 Å². The zero-order valence-corrected chi connectivity index (χ0v) is 19.2. The number of Topliss-reactive ketones (excluding diaryl/α,β-unsaturated/α-hetero) is 1. The van der Waals surface area contributed by atoms with Crippen molar-refractivity contribution in [2.45, 2.75) is 69.4 Å². The molecule has 3 atom stereocenters. The predicted octanol–water partition coefficient (Wildman–Crippen LogP) is 2.47. The quantitative estimate of drug-likeness (QED) is 0.514. The number of ketones is 1. The van der Waals surface area contributed by atoms with Crippen LogP contribution in [0.5, 0.6) is 5.75 Å². The number of carbonyl (C=O) groups is 3. The highest BCUT2D eigenvalue weighted by molar-refractivity contribution is 5.93. The number of methoxy groups -OCH3 is 1. The van der Waals surface area contributed by atoms with E-state index in [0.717, 1.165) is 30.5 Å². The van der Waals surface area contributed by atoms with Crippen LogP contribution in [0.1, 0.15) is 62.5 Å². The summed E-state index contributed by atoms with van der Waals surface area (Å²) in [6, 6.07) is 5.38. The number of carboxylic acids is 2. The second kappa shape index (κ2) is 8.72. The smallest absolute Gasteiger partial charge is 0.304 e. The Hall–Kier alpha value is -2.45. The maximum absolute atomic E-state index is 13.4. The fourth-order valence-electron chi connectivity index (χ4n) is 6.18. The van der Waals surface area contributed by atoms with Gasteiger partial charge in [-0.05, 0) is 61.4 Å². The molecule has 3 aliphatic rings. The average molecular weight is 460 g/mol. The SMILES string of the molecule is CCN(CC1CC1)[C@@H]1Cc2ccc(OC)cc2C2CC(=O)C(CC(=O)O)(CC(=O)O)C[C@]21O. The van der Waals surface area contributed by atoms with Gasteiger partial charge in [0.2, 0.25) is 0 Å². The van der Waals surface area contributed by atoms with Crippen LogP contribution >= 0.6 is 0 Å². The second-order valence-corrected chi connectivity index (χ2v) is 10.1. The van der Waals surface area contributed by atoms with E-state index in [4.69, 9.17) is 4.74 Å². The van der Waals surface area contributed by atoms with Crippen LogP contribution in [0.25, 0.3) is 0 Å². The maximum Gasteiger partial charge on any atom is 0.304 e. The summed E-state index contributed by atoms with van der Waals surface area (Å²) in [6.45, 7) is 3.58. The lowest BCUT2D eigenvalue weighted by Crippen LogP contribution is -2.65. The number of benzene rings is 1. The minimum absolute atomic E-state index is 0.0886. The van der Waals surface area contributed by atoms with Crippen LogP contribution < -0.4 is 4.74 Å². The highest BCUT2D eigenvalue weighted by Crippen LogP contribution is 2.56. The van der Waals surface area contributed by atoms with E-state index in [1.54, 1.807) is 7.11 Å². The Morgan fingerprint density at radius 3 is 2.36 bits per heavy atom. The molecule has 33 heavy (non-hydrogen) atoms. The Morgan fingerprint density at radius 2 is 1.82 bits per heavy atom. The normalized spacial score (nSPS) is 28.2. The van der Waals surface area contributed by atoms with Gasteiger partial charge in [-0.1, -0.05) is 13.0 Å². The molecule has 1 aromatic carbocycles. The number of carbonyl (C=O) groups excluding carboxylic acids is 1. The van der Waals surface area contributed by atoms with Crippen molar-refractivity contribution < 1.29 is 34.4 Å². The summed E-state index contributed by atoms with van der Waals surface area (Å²) in [7, 11) is 1.56. The second-order valence-electron chi connectivity index (χ2n) is 10.1. The van der Waals surface area contributed by atoms with Gasteiger partial charge in [-0.3, -0.25) is 19.3 Å². The average Bonchev–Trinajstić information content (AvgIpc) is 3.56. The van der Waals surface area contributed by atoms with E-state index in [2.05, 4.69) is 4.90 Å². The molecule has 0 aliphatic heterocycles. The topological polar surface area (TPSA) is 124 Å². The number of fused-ring (bicyclic) bond motifs is 3. The summed E-state index contributed by atoms with van der Waals surface area (Å²) >= 11 is 0. The lowest BCUT2D eigenvalue weighted by Gasteiger charge is -2.56. The van der Waals surface area contributed by atoms with Crippen molar-refractivity contribution in [1.82, 2.24) is 4.90 Å². The van der Waals surface area contributed by atoms with Gasteiger partial charge in [0.05, 0.1) is 31.0 Å². The van der Waals surface area contributed by atoms with E-state index in [1.807, 2.05) is 25.1 Å². The van der Waals surface area contributed by atoms with Gasteiger partial charge >= 0.3 is 11.9 Å². The maximum atomic E-state index is 13.4. The van der Waals surface area contributed by atoms with Crippen molar-refractivity contribution in [3.05, 3.63) is 29.3 Å². The lowest BCUT2D eigenvalue weighted by molar-refractivity contribution is -0.169. The fourth-order valence-corrected chi connectivity index (χ4v) is 6.18. The Kier molecular flexibility index (Phi) is 6.26. The van der Waals surface area contributed by atoms with Crippen molar-refractivity contribution in [3.8, 4) is 5.75 Å². The van der Waals surface area contributed by atoms with Gasteiger partial charge in [-0.25, -0.2) is 0 Å². The van der Waals surface area contributed by atoms with Crippen molar-refractivity contribution in [2.75, 3.05) is 20.2 Å². The monoisotopic (exact) mass is 459 g/mol. The molecule has 0 saturated heterocycles. The van der Waals surface area contributed by atoms with Crippen molar-refractivity contribution in [2.24, 2.45) is 11.3 Å². The lowest BCUT2D eigenvalue weighted by atomic mass is 9.53. The molecule has 1 aromatic rings. The van der Waals surface area contributed by atoms with Crippen LogP contribution in [0.4, 0.5) is 0 Å². The summed E-state index contributed by atoms with van der Waals surface area (Å²) in [4.78, 5) is 39.1. The third-order valence-electron chi connectivity index (χ3n) is 7.94. The first-order valence-corrected chi connectivity index (χ1v) is 11.7. The first-order chi connectivity index (χ1) is 15.6. The molecule has 2 fully saturated rings. The largest absolute Gasteiger partial charge is 0.497 e. The number of nitrogens with zero attached hydrogens (tertiary/aromatic N) is 1. The summed E-state index contributed by atoms with van der Waals surface area (Å²) < 4.78 is 5.39. The van der Waals surface area contributed by atoms with Crippen LogP contribution in [0, 0.1) is 11.3 Å². The molecule has 1 unspecified atom stereocenters. The van der Waals surface area contributed by atoms with Gasteiger partial charge in [-0.15, -0.1) is 0 Å². The summed E-state index contributed by atoms with van der Waals surface area (Å²) in [5.74, 6) is -2.20. The van der Waals surface area contributed by atoms with E-state index in [0.29, 0.717) is 24.6 Å². The van der Waals surface area contributed by atoms with E-state index in [9.17, 15) is 29.7 Å². The molecule has 0 amide bonds. The number of ether oxygens (including phenoxy) is 1. The molecule has 8 heteroatoms. The van der Waals surface area contributed by atoms with Gasteiger partial charge in [0.15, 0.2) is 0 Å². The fraction of sp³-hybridized carbons (Fsp3) is 0.640. The standard InChI is InChI=1S/C25H33NO7/c1-3-26(13-15-4-5-15)20-8-16-6-7-17(33-2)9-18(16)19-10-21(27)24(11-22(28)29,12-23(30)31)14-25(19,20)32/h6-7,9,15,19-20,32H,3-5,8,10-14H2,1-2H3,(H,28,29)(H,30,31)/t19?,20-,25+/m1/s1. The molecule has 3 aliphatic carbocycles. The third-order valence-corrected chi connectivity index (χ3v) is 7.94. The number of aliphatic hydroxyl groups is 1. The molecular weight excluding hydrogens is 426 g/mol. The first-order valence-electron chi connectivity index (χ1n) is 11.7. The Bertz CT molecular complexity index is 940. The highest BCUT2D eigenvalue weighted by atomic mass is 16.5. The zero-order chi connectivity index (χ0) is 24.0. The molecular formula is C25H33NO7. The molecule has 2 saturated carbocycles. The van der Waals surface area contributed by atoms with Crippen LogP contribution in [-0.2, 0) is 20.8 Å². The number of hydrogen-bond acceptors (Lipinski definition) is 6. The number of likely N-dealkylation sites (N-methyl/N-ethyl adjacent to an activating group) is 1. The number of aliphatic carboxylic acids is 2. The highest BCUT2D eigenvalue weighted by Gasteiger charge is 2.61. The molecule has 0 aromatic heterocycles. The number of rotatable bonds is 9. The van der Waals surface area contributed by atoms with Gasteiger partial charge in [0.1, 0.15) is 11.5 Å². The van der Waals surface area contributed by atoms with Gasteiger partial charge in [-0.2, -0.15) is 0 Å². The van der Waals surface area contributed by atoms with E-state index < -0.39 is 47.5 Å². The summed E-state index contributed by atoms with van der Waals surface area (Å²) in [5, 5.41) is 31.5. The molecule has 4 rings (SSSR count). The van der Waals surface area contributed by atoms with E-state index in [-0.39, 0.29) is 18.9 Å². The van der Waals surface area contributed by atoms with Crippen LogP contribution in [0.15, 0.2) is 18.2 Å².